The summed E-state index contributed by atoms with van der Waals surface area (Å²) in [7, 11) is 0. The summed E-state index contributed by atoms with van der Waals surface area (Å²) in [6.07, 6.45) is -3.75. The zero-order valence-corrected chi connectivity index (χ0v) is 17.6. The highest BCUT2D eigenvalue weighted by Gasteiger charge is 2.33. The van der Waals surface area contributed by atoms with Gasteiger partial charge in [0.25, 0.3) is 0 Å². The Morgan fingerprint density at radius 1 is 1.27 bits per heavy atom. The molecule has 0 saturated carbocycles. The molecule has 1 fully saturated rings. The maximum Gasteiger partial charge on any atom is 0.416 e. The van der Waals surface area contributed by atoms with Crippen LogP contribution < -0.4 is 4.90 Å². The molecular weight excluding hydrogens is 465 g/mol. The largest absolute Gasteiger partial charge is 0.416 e. The van der Waals surface area contributed by atoms with Crippen LogP contribution in [0.3, 0.4) is 0 Å². The van der Waals surface area contributed by atoms with E-state index in [0.717, 1.165) is 6.07 Å². The van der Waals surface area contributed by atoms with Crippen molar-refractivity contribution in [3.63, 3.8) is 0 Å². The average Bonchev–Trinajstić information content (AvgIpc) is 3.07. The summed E-state index contributed by atoms with van der Waals surface area (Å²) in [6, 6.07) is 5.87. The Balaban J connectivity index is 1.82. The second-order valence-corrected chi connectivity index (χ2v) is 7.87. The van der Waals surface area contributed by atoms with Crippen LogP contribution in [-0.4, -0.2) is 47.2 Å². The number of carbonyl (C=O) groups is 1. The predicted octanol–water partition coefficient (Wildman–Crippen LogP) is 4.06. The van der Waals surface area contributed by atoms with Gasteiger partial charge in [-0.15, -0.1) is 5.10 Å². The van der Waals surface area contributed by atoms with Crippen molar-refractivity contribution < 1.29 is 22.7 Å². The maximum absolute atomic E-state index is 13.3. The zero-order valence-electron chi connectivity index (χ0n) is 16.0. The monoisotopic (exact) mass is 482 g/mol. The van der Waals surface area contributed by atoms with Gasteiger partial charge in [-0.1, -0.05) is 12.1 Å². The predicted molar refractivity (Wildman–Crippen MR) is 108 cm³/mol. The number of aldehydes is 1. The molecule has 4 rings (SSSR count). The van der Waals surface area contributed by atoms with Gasteiger partial charge in [0.1, 0.15) is 5.69 Å². The van der Waals surface area contributed by atoms with E-state index in [2.05, 4.69) is 26.0 Å². The van der Waals surface area contributed by atoms with Crippen LogP contribution in [0.1, 0.15) is 32.9 Å². The first-order chi connectivity index (χ1) is 14.3. The summed E-state index contributed by atoms with van der Waals surface area (Å²) in [6.45, 7) is 3.93. The molecule has 0 amide bonds. The highest BCUT2D eigenvalue weighted by Crippen LogP contribution is 2.34. The SMILES string of the molecule is Cc1c(Cc2c(C=O)nc3c(Br)cc(N4CCOCC4)nn23)cccc1C(F)(F)F. The molecule has 1 aliphatic heterocycles. The van der Waals surface area contributed by atoms with Gasteiger partial charge in [0.2, 0.25) is 0 Å². The Labute approximate surface area is 178 Å². The summed E-state index contributed by atoms with van der Waals surface area (Å²) in [5, 5.41) is 4.64. The topological polar surface area (TPSA) is 59.7 Å². The Morgan fingerprint density at radius 2 is 2.00 bits per heavy atom. The summed E-state index contributed by atoms with van der Waals surface area (Å²) >= 11 is 3.48. The maximum atomic E-state index is 13.3. The molecular formula is C20H18BrF3N4O2. The van der Waals surface area contributed by atoms with Gasteiger partial charge in [0.05, 0.1) is 28.9 Å². The molecule has 0 atom stereocenters. The highest BCUT2D eigenvalue weighted by molar-refractivity contribution is 9.10. The average molecular weight is 483 g/mol. The fourth-order valence-corrected chi connectivity index (χ4v) is 4.06. The summed E-state index contributed by atoms with van der Waals surface area (Å²) in [5.74, 6) is 0.675. The van der Waals surface area contributed by atoms with E-state index in [1.807, 2.05) is 11.0 Å². The van der Waals surface area contributed by atoms with Crippen molar-refractivity contribution >= 4 is 33.7 Å². The standard InChI is InChI=1S/C20H18BrF3N4O2/c1-12-13(3-2-4-14(12)20(22,23)24)9-17-16(11-29)25-19-15(21)10-18(26-28(17)19)27-5-7-30-8-6-27/h2-4,10-11H,5-9H2,1H3. The Kier molecular flexibility index (Phi) is 5.54. The Hall–Kier alpha value is -2.46. The van der Waals surface area contributed by atoms with Crippen molar-refractivity contribution in [3.05, 3.63) is 56.8 Å². The van der Waals surface area contributed by atoms with Crippen molar-refractivity contribution in [2.24, 2.45) is 0 Å². The minimum Gasteiger partial charge on any atom is -0.378 e. The van der Waals surface area contributed by atoms with Crippen molar-refractivity contribution in [2.45, 2.75) is 19.5 Å². The number of morpholine rings is 1. The molecule has 30 heavy (non-hydrogen) atoms. The third-order valence-corrected chi connectivity index (χ3v) is 5.79. The molecule has 10 heteroatoms. The van der Waals surface area contributed by atoms with Gasteiger partial charge in [0.15, 0.2) is 17.8 Å². The van der Waals surface area contributed by atoms with Crippen molar-refractivity contribution in [2.75, 3.05) is 31.2 Å². The van der Waals surface area contributed by atoms with Crippen LogP contribution in [-0.2, 0) is 17.3 Å². The molecule has 158 valence electrons. The van der Waals surface area contributed by atoms with Gasteiger partial charge in [-0.25, -0.2) is 9.50 Å². The van der Waals surface area contributed by atoms with E-state index in [9.17, 15) is 18.0 Å². The van der Waals surface area contributed by atoms with Gasteiger partial charge in [-0.2, -0.15) is 13.2 Å². The van der Waals surface area contributed by atoms with E-state index in [0.29, 0.717) is 59.8 Å². The van der Waals surface area contributed by atoms with Gasteiger partial charge < -0.3 is 9.64 Å². The highest BCUT2D eigenvalue weighted by atomic mass is 79.9. The van der Waals surface area contributed by atoms with Crippen LogP contribution in [0.25, 0.3) is 5.65 Å². The second kappa shape index (κ2) is 7.99. The second-order valence-electron chi connectivity index (χ2n) is 7.01. The first-order valence-corrected chi connectivity index (χ1v) is 10.1. The Bertz CT molecular complexity index is 1110. The summed E-state index contributed by atoms with van der Waals surface area (Å²) in [5.41, 5.74) is 0.931. The lowest BCUT2D eigenvalue weighted by Crippen LogP contribution is -2.37. The lowest BCUT2D eigenvalue weighted by molar-refractivity contribution is -0.138. The fourth-order valence-electron chi connectivity index (χ4n) is 3.60. The van der Waals surface area contributed by atoms with Crippen molar-refractivity contribution in [1.82, 2.24) is 14.6 Å². The number of imidazole rings is 1. The molecule has 0 N–H and O–H groups in total. The van der Waals surface area contributed by atoms with E-state index in [1.54, 1.807) is 6.07 Å². The number of carbonyl (C=O) groups excluding carboxylic acids is 1. The summed E-state index contributed by atoms with van der Waals surface area (Å²) in [4.78, 5) is 18.1. The zero-order chi connectivity index (χ0) is 21.5. The first-order valence-electron chi connectivity index (χ1n) is 9.31. The molecule has 0 aliphatic carbocycles. The number of nitrogens with zero attached hydrogens (tertiary/aromatic N) is 4. The number of hydrogen-bond acceptors (Lipinski definition) is 5. The Morgan fingerprint density at radius 3 is 2.67 bits per heavy atom. The van der Waals surface area contributed by atoms with Gasteiger partial charge >= 0.3 is 6.18 Å². The number of alkyl halides is 3. The van der Waals surface area contributed by atoms with E-state index in [1.165, 1.54) is 17.5 Å². The summed E-state index contributed by atoms with van der Waals surface area (Å²) < 4.78 is 47.5. The number of hydrogen-bond donors (Lipinski definition) is 0. The van der Waals surface area contributed by atoms with E-state index >= 15 is 0 Å². The molecule has 1 aromatic carbocycles. The molecule has 0 unspecified atom stereocenters. The molecule has 3 heterocycles. The van der Waals surface area contributed by atoms with E-state index < -0.39 is 11.7 Å². The molecule has 0 bridgehead atoms. The minimum absolute atomic E-state index is 0.0942. The number of halogens is 4. The van der Waals surface area contributed by atoms with Crippen LogP contribution in [0, 0.1) is 6.92 Å². The van der Waals surface area contributed by atoms with Crippen LogP contribution in [0.5, 0.6) is 0 Å². The first kappa shape index (κ1) is 20.8. The van der Waals surface area contributed by atoms with Crippen LogP contribution in [0.15, 0.2) is 28.7 Å². The van der Waals surface area contributed by atoms with Crippen molar-refractivity contribution in [1.29, 1.82) is 0 Å². The minimum atomic E-state index is -4.45. The molecule has 1 saturated heterocycles. The number of rotatable bonds is 4. The van der Waals surface area contributed by atoms with Gasteiger partial charge in [0, 0.05) is 25.6 Å². The van der Waals surface area contributed by atoms with E-state index in [-0.39, 0.29) is 17.7 Å². The lowest BCUT2D eigenvalue weighted by Gasteiger charge is -2.27. The van der Waals surface area contributed by atoms with Gasteiger partial charge in [-0.05, 0) is 40.0 Å². The number of ether oxygens (including phenoxy) is 1. The smallest absolute Gasteiger partial charge is 0.378 e. The van der Waals surface area contributed by atoms with Crippen LogP contribution >= 0.6 is 15.9 Å². The molecule has 0 radical (unpaired) electrons. The third kappa shape index (κ3) is 3.81. The molecule has 0 spiro atoms. The lowest BCUT2D eigenvalue weighted by atomic mass is 9.98. The van der Waals surface area contributed by atoms with E-state index in [4.69, 9.17) is 4.74 Å². The number of benzene rings is 1. The molecule has 1 aliphatic rings. The fraction of sp³-hybridized carbons (Fsp3) is 0.350. The van der Waals surface area contributed by atoms with Crippen LogP contribution in [0.2, 0.25) is 0 Å². The van der Waals surface area contributed by atoms with Crippen molar-refractivity contribution in [3.8, 4) is 0 Å². The normalized spacial score (nSPS) is 15.0. The molecule has 6 nitrogen and oxygen atoms in total. The molecule has 3 aromatic rings. The molecule has 2 aromatic heterocycles. The number of anilines is 1. The van der Waals surface area contributed by atoms with Gasteiger partial charge in [-0.3, -0.25) is 4.79 Å². The quantitative estimate of drug-likeness (QED) is 0.524. The number of fused-ring (bicyclic) bond motifs is 1. The number of aromatic nitrogens is 3. The van der Waals surface area contributed by atoms with Crippen LogP contribution in [0.4, 0.5) is 19.0 Å². The third-order valence-electron chi connectivity index (χ3n) is 5.21.